The summed E-state index contributed by atoms with van der Waals surface area (Å²) in [4.78, 5) is 2.45. The quantitative estimate of drug-likeness (QED) is 0.159. The van der Waals surface area contributed by atoms with Crippen LogP contribution in [0, 0.1) is 0 Å². The summed E-state index contributed by atoms with van der Waals surface area (Å²) in [6, 6.07) is 93.1. The van der Waals surface area contributed by atoms with E-state index in [1.165, 1.54) is 60.6 Å². The molecule has 0 saturated heterocycles. The molecule has 0 radical (unpaired) electrons. The fourth-order valence-electron chi connectivity index (χ4n) is 11.5. The van der Waals surface area contributed by atoms with Gasteiger partial charge < -0.3 is 13.9 Å². The van der Waals surface area contributed by atoms with Gasteiger partial charge in [0, 0.05) is 49.7 Å². The first-order valence-corrected chi connectivity index (χ1v) is 23.4. The molecule has 0 aliphatic heterocycles. The summed E-state index contributed by atoms with van der Waals surface area (Å²) < 4.78 is 9.31. The average molecular weight is 867 g/mol. The predicted octanol–water partition coefficient (Wildman–Crippen LogP) is 17.3. The van der Waals surface area contributed by atoms with E-state index in [2.05, 4.69) is 264 Å². The number of rotatable bonds is 7. The number of hydrogen-bond acceptors (Lipinski definition) is 2. The maximum Gasteiger partial charge on any atom is 0.143 e. The highest BCUT2D eigenvalue weighted by Crippen LogP contribution is 2.57. The van der Waals surface area contributed by atoms with Gasteiger partial charge in [0.1, 0.15) is 11.2 Å². The first-order valence-electron chi connectivity index (χ1n) is 23.4. The van der Waals surface area contributed by atoms with Gasteiger partial charge in [0.2, 0.25) is 0 Å². The van der Waals surface area contributed by atoms with Crippen molar-refractivity contribution in [3.63, 3.8) is 0 Å². The standard InChI is InChI=1S/C65H42N2O/c1-3-20-45(21-4-1)65(46-22-5-2-6-23-46)58-30-13-9-24-50(58)51-39-38-49(42-59(51)65)66(47-34-36-48(37-35-47)67-61-32-15-10-25-52(61)53-26-11-16-33-62(53)67)60-31-14-12-27-54(60)55-28-17-29-56-57-40-43-18-7-8-19-44(43)41-63(57)68-64(55)56/h1-42H. The van der Waals surface area contributed by atoms with E-state index >= 15 is 0 Å². The second-order valence-electron chi connectivity index (χ2n) is 18.0. The molecule has 318 valence electrons. The number of para-hydroxylation sites is 4. The summed E-state index contributed by atoms with van der Waals surface area (Å²) in [6.07, 6.45) is 0. The normalized spacial score (nSPS) is 12.8. The molecule has 0 bridgehead atoms. The highest BCUT2D eigenvalue weighted by atomic mass is 16.3. The highest BCUT2D eigenvalue weighted by molar-refractivity contribution is 6.14. The third kappa shape index (κ3) is 5.60. The Labute approximate surface area is 394 Å². The van der Waals surface area contributed by atoms with Gasteiger partial charge in [-0.3, -0.25) is 0 Å². The van der Waals surface area contributed by atoms with Crippen LogP contribution in [0.5, 0.6) is 0 Å². The molecule has 0 unspecified atom stereocenters. The Morgan fingerprint density at radius 2 is 0.897 bits per heavy atom. The molecule has 13 aromatic rings. The second kappa shape index (κ2) is 15.1. The highest BCUT2D eigenvalue weighted by Gasteiger charge is 2.46. The largest absolute Gasteiger partial charge is 0.455 e. The molecular weight excluding hydrogens is 825 g/mol. The van der Waals surface area contributed by atoms with Crippen LogP contribution < -0.4 is 4.90 Å². The molecule has 1 aliphatic rings. The van der Waals surface area contributed by atoms with Crippen molar-refractivity contribution in [1.29, 1.82) is 0 Å². The summed E-state index contributed by atoms with van der Waals surface area (Å²) in [7, 11) is 0. The summed E-state index contributed by atoms with van der Waals surface area (Å²) in [5.74, 6) is 0. The fraction of sp³-hybridized carbons (Fsp3) is 0.0154. The minimum absolute atomic E-state index is 0.556. The van der Waals surface area contributed by atoms with Gasteiger partial charge in [0.05, 0.1) is 22.1 Å². The van der Waals surface area contributed by atoms with Gasteiger partial charge in [-0.05, 0) is 111 Å². The minimum Gasteiger partial charge on any atom is -0.455 e. The molecule has 0 amide bonds. The Morgan fingerprint density at radius 1 is 0.353 bits per heavy atom. The molecule has 11 aromatic carbocycles. The van der Waals surface area contributed by atoms with E-state index < -0.39 is 5.41 Å². The van der Waals surface area contributed by atoms with Crippen molar-refractivity contribution < 1.29 is 4.42 Å². The van der Waals surface area contributed by atoms with Crippen molar-refractivity contribution in [2.45, 2.75) is 5.41 Å². The fourth-order valence-corrected chi connectivity index (χ4v) is 11.5. The van der Waals surface area contributed by atoms with E-state index in [0.717, 1.165) is 61.2 Å². The molecule has 0 saturated carbocycles. The molecule has 3 heteroatoms. The van der Waals surface area contributed by atoms with Crippen molar-refractivity contribution >= 4 is 71.6 Å². The van der Waals surface area contributed by atoms with Gasteiger partial charge >= 0.3 is 0 Å². The van der Waals surface area contributed by atoms with Gasteiger partial charge in [-0.15, -0.1) is 0 Å². The molecule has 2 heterocycles. The van der Waals surface area contributed by atoms with Gasteiger partial charge in [0.25, 0.3) is 0 Å². The molecule has 68 heavy (non-hydrogen) atoms. The van der Waals surface area contributed by atoms with Gasteiger partial charge in [-0.1, -0.05) is 188 Å². The lowest BCUT2D eigenvalue weighted by Crippen LogP contribution is -2.28. The molecule has 0 atom stereocenters. The molecule has 0 fully saturated rings. The molecule has 1 aliphatic carbocycles. The lowest BCUT2D eigenvalue weighted by atomic mass is 9.67. The zero-order valence-corrected chi connectivity index (χ0v) is 37.1. The Morgan fingerprint density at radius 3 is 1.62 bits per heavy atom. The molecular formula is C65H42N2O. The third-order valence-corrected chi connectivity index (χ3v) is 14.4. The van der Waals surface area contributed by atoms with Crippen LogP contribution in [0.3, 0.4) is 0 Å². The van der Waals surface area contributed by atoms with E-state index in [1.54, 1.807) is 0 Å². The molecule has 0 spiro atoms. The third-order valence-electron chi connectivity index (χ3n) is 14.4. The Hall–Kier alpha value is -8.92. The molecule has 14 rings (SSSR count). The zero-order chi connectivity index (χ0) is 44.8. The minimum atomic E-state index is -0.556. The topological polar surface area (TPSA) is 21.3 Å². The predicted molar refractivity (Wildman–Crippen MR) is 283 cm³/mol. The van der Waals surface area contributed by atoms with Crippen LogP contribution in [-0.2, 0) is 5.41 Å². The van der Waals surface area contributed by atoms with Crippen LogP contribution >= 0.6 is 0 Å². The monoisotopic (exact) mass is 866 g/mol. The summed E-state index contributed by atoms with van der Waals surface area (Å²) in [6.45, 7) is 0. The lowest BCUT2D eigenvalue weighted by Gasteiger charge is -2.35. The van der Waals surface area contributed by atoms with Crippen LogP contribution in [0.4, 0.5) is 17.1 Å². The van der Waals surface area contributed by atoms with E-state index in [4.69, 9.17) is 4.42 Å². The van der Waals surface area contributed by atoms with E-state index in [9.17, 15) is 0 Å². The van der Waals surface area contributed by atoms with Crippen molar-refractivity contribution in [2.24, 2.45) is 0 Å². The number of furan rings is 1. The molecule has 2 aromatic heterocycles. The van der Waals surface area contributed by atoms with Crippen LogP contribution in [0.25, 0.3) is 82.5 Å². The maximum atomic E-state index is 6.92. The van der Waals surface area contributed by atoms with Gasteiger partial charge in [-0.2, -0.15) is 0 Å². The lowest BCUT2D eigenvalue weighted by molar-refractivity contribution is 0.670. The SMILES string of the molecule is c1ccc(C2(c3ccccc3)c3ccccc3-c3ccc(N(c4ccc(-n5c6ccccc6c6ccccc65)cc4)c4ccccc4-c4cccc5c4oc4cc6ccccc6cc45)cc32)cc1. The zero-order valence-electron chi connectivity index (χ0n) is 37.1. The van der Waals surface area contributed by atoms with Crippen LogP contribution in [0.1, 0.15) is 22.3 Å². The van der Waals surface area contributed by atoms with Gasteiger partial charge in [0.15, 0.2) is 0 Å². The van der Waals surface area contributed by atoms with Crippen molar-refractivity contribution in [1.82, 2.24) is 4.57 Å². The molecule has 0 N–H and O–H groups in total. The smallest absolute Gasteiger partial charge is 0.143 e. The van der Waals surface area contributed by atoms with Gasteiger partial charge in [-0.25, -0.2) is 0 Å². The van der Waals surface area contributed by atoms with Crippen molar-refractivity contribution in [2.75, 3.05) is 4.90 Å². The van der Waals surface area contributed by atoms with Crippen LogP contribution in [0.2, 0.25) is 0 Å². The number of benzene rings is 11. The van der Waals surface area contributed by atoms with Crippen LogP contribution in [-0.4, -0.2) is 4.57 Å². The van der Waals surface area contributed by atoms with E-state index in [1.807, 2.05) is 0 Å². The Balaban J connectivity index is 1.02. The Kier molecular flexibility index (Phi) is 8.50. The van der Waals surface area contributed by atoms with Crippen molar-refractivity contribution in [3.8, 4) is 27.9 Å². The first kappa shape index (κ1) is 38.4. The number of fused-ring (bicyclic) bond motifs is 10. The number of hydrogen-bond donors (Lipinski definition) is 0. The molecule has 3 nitrogen and oxygen atoms in total. The summed E-state index contributed by atoms with van der Waals surface area (Å²) in [5, 5.41) is 7.07. The first-order chi connectivity index (χ1) is 33.7. The van der Waals surface area contributed by atoms with E-state index in [-0.39, 0.29) is 0 Å². The van der Waals surface area contributed by atoms with Crippen LogP contribution in [0.15, 0.2) is 259 Å². The average Bonchev–Trinajstić information content (AvgIpc) is 4.05. The van der Waals surface area contributed by atoms with E-state index in [0.29, 0.717) is 0 Å². The second-order valence-corrected chi connectivity index (χ2v) is 18.0. The number of nitrogens with zero attached hydrogens (tertiary/aromatic N) is 2. The number of aromatic nitrogens is 1. The summed E-state index contributed by atoms with van der Waals surface area (Å²) >= 11 is 0. The Bertz CT molecular complexity index is 3990. The van der Waals surface area contributed by atoms with Crippen molar-refractivity contribution in [3.05, 3.63) is 277 Å². The maximum absolute atomic E-state index is 6.92. The summed E-state index contributed by atoms with van der Waals surface area (Å²) in [5.41, 5.74) is 17.5. The number of anilines is 3.